The van der Waals surface area contributed by atoms with Gasteiger partial charge in [-0.05, 0) is 73.9 Å². The smallest absolute Gasteiger partial charge is 0.309 e. The second-order valence-electron chi connectivity index (χ2n) is 9.08. The van der Waals surface area contributed by atoms with Gasteiger partial charge in [0.15, 0.2) is 11.6 Å². The van der Waals surface area contributed by atoms with Crippen molar-refractivity contribution in [2.75, 3.05) is 0 Å². The van der Waals surface area contributed by atoms with Crippen molar-refractivity contribution < 1.29 is 32.2 Å². The van der Waals surface area contributed by atoms with Gasteiger partial charge in [0.1, 0.15) is 11.9 Å². The minimum absolute atomic E-state index is 0.263. The molecule has 0 saturated carbocycles. The number of hydrogen-bond acceptors (Lipinski definition) is 3. The molecule has 37 heavy (non-hydrogen) atoms. The zero-order valence-electron chi connectivity index (χ0n) is 20.0. The van der Waals surface area contributed by atoms with Gasteiger partial charge in [-0.15, -0.1) is 0 Å². The monoisotopic (exact) mass is 511 g/mol. The van der Waals surface area contributed by atoms with Crippen molar-refractivity contribution in [1.82, 2.24) is 0 Å². The van der Waals surface area contributed by atoms with Crippen LogP contribution >= 0.6 is 0 Å². The van der Waals surface area contributed by atoms with Gasteiger partial charge >= 0.3 is 5.97 Å². The number of halogens is 4. The largest absolute Gasteiger partial charge is 0.486 e. The molecule has 0 aromatic heterocycles. The fourth-order valence-corrected chi connectivity index (χ4v) is 4.40. The molecule has 192 valence electrons. The van der Waals surface area contributed by atoms with Crippen LogP contribution in [0.3, 0.4) is 0 Å². The summed E-state index contributed by atoms with van der Waals surface area (Å²) in [6, 6.07) is 16.3. The summed E-state index contributed by atoms with van der Waals surface area (Å²) in [4.78, 5) is 16.3. The van der Waals surface area contributed by atoms with Crippen molar-refractivity contribution in [1.29, 1.82) is 0 Å². The summed E-state index contributed by atoms with van der Waals surface area (Å²) in [6.07, 6.45) is 5.12. The highest BCUT2D eigenvalue weighted by Gasteiger charge is 2.38. The first kappa shape index (κ1) is 26.1. The van der Waals surface area contributed by atoms with E-state index in [1.165, 1.54) is 12.1 Å². The maximum atomic E-state index is 14.9. The summed E-state index contributed by atoms with van der Waals surface area (Å²) in [5.41, 5.74) is -1.13. The van der Waals surface area contributed by atoms with Crippen LogP contribution in [0.25, 0.3) is 0 Å². The molecule has 0 amide bonds. The summed E-state index contributed by atoms with van der Waals surface area (Å²) >= 11 is 0. The molecule has 0 aliphatic carbocycles. The zero-order chi connectivity index (χ0) is 26.6. The molecule has 0 saturated heterocycles. The van der Waals surface area contributed by atoms with Gasteiger partial charge in [-0.2, -0.15) is 8.78 Å². The number of ether oxygens (including phenoxy) is 1. The van der Waals surface area contributed by atoms with Gasteiger partial charge in [0.05, 0.1) is 11.5 Å². The van der Waals surface area contributed by atoms with E-state index < -0.39 is 52.2 Å². The lowest BCUT2D eigenvalue weighted by Gasteiger charge is -2.28. The van der Waals surface area contributed by atoms with Crippen LogP contribution in [-0.4, -0.2) is 22.8 Å². The van der Waals surface area contributed by atoms with E-state index in [9.17, 15) is 27.5 Å². The van der Waals surface area contributed by atoms with Crippen molar-refractivity contribution in [2.45, 2.75) is 37.3 Å². The molecule has 0 spiro atoms. The van der Waals surface area contributed by atoms with Crippen LogP contribution in [0.2, 0.25) is 0 Å². The Kier molecular flexibility index (Phi) is 7.47. The Hall–Kier alpha value is -3.94. The highest BCUT2D eigenvalue weighted by Crippen LogP contribution is 2.38. The fraction of sp³-hybridized carbons (Fsp3) is 0.241. The molecule has 3 unspecified atom stereocenters. The standard InChI is InChI=1S/C29H25F4NO3/c1-28(16-5-17-34-28)23(27(35)36)13-15-26(19-6-3-2-4-7-19)37-22-11-8-20(9-12-22)29(32,33)21-10-14-24(30)25(31)18-21/h2-12,14,16-18,23,26H,13,15H2,1H3,(H,35,36). The molecule has 1 N–H and O–H groups in total. The highest BCUT2D eigenvalue weighted by molar-refractivity contribution is 5.79. The first-order valence-electron chi connectivity index (χ1n) is 11.7. The average Bonchev–Trinajstić information content (AvgIpc) is 3.32. The third-order valence-electron chi connectivity index (χ3n) is 6.54. The van der Waals surface area contributed by atoms with E-state index in [0.29, 0.717) is 24.3 Å². The Balaban J connectivity index is 1.54. The summed E-state index contributed by atoms with van der Waals surface area (Å²) in [7, 11) is 0. The van der Waals surface area contributed by atoms with Crippen molar-refractivity contribution >= 4 is 12.2 Å². The molecule has 8 heteroatoms. The van der Waals surface area contributed by atoms with E-state index in [0.717, 1.165) is 23.8 Å². The lowest BCUT2D eigenvalue weighted by Crippen LogP contribution is -2.35. The normalized spacial score (nSPS) is 18.5. The molecular formula is C29H25F4NO3. The Morgan fingerprint density at radius 2 is 1.65 bits per heavy atom. The Bertz CT molecular complexity index is 1290. The number of rotatable bonds is 10. The number of benzene rings is 3. The van der Waals surface area contributed by atoms with E-state index in [2.05, 4.69) is 4.99 Å². The van der Waals surface area contributed by atoms with Crippen LogP contribution in [-0.2, 0) is 10.7 Å². The van der Waals surface area contributed by atoms with E-state index in [1.54, 1.807) is 25.3 Å². The number of carboxylic acid groups (broad SMARTS) is 1. The Morgan fingerprint density at radius 3 is 2.24 bits per heavy atom. The van der Waals surface area contributed by atoms with E-state index in [-0.39, 0.29) is 6.42 Å². The zero-order valence-corrected chi connectivity index (χ0v) is 20.0. The molecule has 1 aliphatic heterocycles. The number of hydrogen-bond donors (Lipinski definition) is 1. The Labute approximate surface area is 211 Å². The Morgan fingerprint density at radius 1 is 0.973 bits per heavy atom. The predicted octanol–water partition coefficient (Wildman–Crippen LogP) is 7.11. The first-order chi connectivity index (χ1) is 17.6. The van der Waals surface area contributed by atoms with E-state index in [4.69, 9.17) is 4.74 Å². The molecule has 0 fully saturated rings. The van der Waals surface area contributed by atoms with Gasteiger partial charge in [-0.3, -0.25) is 9.79 Å². The first-order valence-corrected chi connectivity index (χ1v) is 11.7. The second kappa shape index (κ2) is 10.6. The number of carbonyl (C=O) groups is 1. The van der Waals surface area contributed by atoms with Gasteiger partial charge in [0.2, 0.25) is 0 Å². The molecule has 4 rings (SSSR count). The van der Waals surface area contributed by atoms with E-state index >= 15 is 0 Å². The van der Waals surface area contributed by atoms with Crippen molar-refractivity contribution in [3.63, 3.8) is 0 Å². The number of allylic oxidation sites excluding steroid dienone is 1. The predicted molar refractivity (Wildman–Crippen MR) is 132 cm³/mol. The van der Waals surface area contributed by atoms with Gasteiger partial charge in [0.25, 0.3) is 5.92 Å². The van der Waals surface area contributed by atoms with Crippen LogP contribution in [0.4, 0.5) is 17.6 Å². The van der Waals surface area contributed by atoms with Crippen LogP contribution in [0.15, 0.2) is 89.9 Å². The molecule has 1 aliphatic rings. The van der Waals surface area contributed by atoms with Crippen molar-refractivity contribution in [3.8, 4) is 5.75 Å². The van der Waals surface area contributed by atoms with Gasteiger partial charge in [-0.25, -0.2) is 8.78 Å². The molecule has 0 bridgehead atoms. The molecule has 3 atom stereocenters. The van der Waals surface area contributed by atoms with Crippen LogP contribution in [0, 0.1) is 17.6 Å². The summed E-state index contributed by atoms with van der Waals surface area (Å²) < 4.78 is 62.7. The summed E-state index contributed by atoms with van der Waals surface area (Å²) in [5.74, 6) is -7.56. The van der Waals surface area contributed by atoms with Crippen LogP contribution in [0.5, 0.6) is 5.75 Å². The lowest BCUT2D eigenvalue weighted by molar-refractivity contribution is -0.143. The number of aliphatic carboxylic acids is 1. The molecular weight excluding hydrogens is 486 g/mol. The lowest BCUT2D eigenvalue weighted by atomic mass is 9.82. The number of alkyl halides is 2. The molecule has 4 nitrogen and oxygen atoms in total. The van der Waals surface area contributed by atoms with Gasteiger partial charge in [0, 0.05) is 17.3 Å². The van der Waals surface area contributed by atoms with E-state index in [1.807, 2.05) is 30.3 Å². The molecule has 1 heterocycles. The highest BCUT2D eigenvalue weighted by atomic mass is 19.3. The maximum absolute atomic E-state index is 14.9. The van der Waals surface area contributed by atoms with Gasteiger partial charge < -0.3 is 9.84 Å². The van der Waals surface area contributed by atoms with Crippen molar-refractivity contribution in [3.05, 3.63) is 113 Å². The summed E-state index contributed by atoms with van der Waals surface area (Å²) in [6.45, 7) is 1.76. The maximum Gasteiger partial charge on any atom is 0.309 e. The van der Waals surface area contributed by atoms with Crippen molar-refractivity contribution in [2.24, 2.45) is 10.9 Å². The number of carboxylic acids is 1. The van der Waals surface area contributed by atoms with Gasteiger partial charge in [-0.1, -0.05) is 36.4 Å². The number of nitrogens with zero attached hydrogens (tertiary/aromatic N) is 1. The average molecular weight is 512 g/mol. The topological polar surface area (TPSA) is 58.9 Å². The number of aliphatic imine (C=N–C) groups is 1. The molecule has 0 radical (unpaired) electrons. The van der Waals surface area contributed by atoms with Crippen LogP contribution < -0.4 is 4.74 Å². The quantitative estimate of drug-likeness (QED) is 0.295. The second-order valence-corrected chi connectivity index (χ2v) is 9.08. The van der Waals surface area contributed by atoms with Crippen LogP contribution in [0.1, 0.15) is 42.6 Å². The fourth-order valence-electron chi connectivity index (χ4n) is 4.40. The molecule has 3 aromatic carbocycles. The molecule has 3 aromatic rings. The third-order valence-corrected chi connectivity index (χ3v) is 6.54. The minimum atomic E-state index is -3.55. The minimum Gasteiger partial charge on any atom is -0.486 e. The summed E-state index contributed by atoms with van der Waals surface area (Å²) in [5, 5.41) is 9.84. The SMILES string of the molecule is CC1(C(CCC(Oc2ccc(C(F)(F)c3ccc(F)c(F)c3)cc2)c2ccccc2)C(=O)O)C=CC=N1. The third kappa shape index (κ3) is 5.74.